The average molecular weight is 303 g/mol. The van der Waals surface area contributed by atoms with Crippen LogP contribution in [0.1, 0.15) is 39.5 Å². The van der Waals surface area contributed by atoms with Gasteiger partial charge in [-0.3, -0.25) is 4.79 Å². The third kappa shape index (κ3) is 4.50. The molecule has 17 heavy (non-hydrogen) atoms. The minimum absolute atomic E-state index is 0.211. The van der Waals surface area contributed by atoms with Gasteiger partial charge in [-0.05, 0) is 28.3 Å². The number of rotatable bonds is 7. The Labute approximate surface area is 110 Å². The van der Waals surface area contributed by atoms with Crippen molar-refractivity contribution < 1.29 is 4.74 Å². The summed E-state index contributed by atoms with van der Waals surface area (Å²) in [6, 6.07) is 0. The fourth-order valence-corrected chi connectivity index (χ4v) is 1.89. The van der Waals surface area contributed by atoms with Crippen molar-refractivity contribution in [2.45, 2.75) is 39.5 Å². The van der Waals surface area contributed by atoms with E-state index >= 15 is 0 Å². The van der Waals surface area contributed by atoms with Crippen molar-refractivity contribution in [1.29, 1.82) is 0 Å². The zero-order valence-electron chi connectivity index (χ0n) is 10.3. The molecule has 0 saturated carbocycles. The molecule has 96 valence electrons. The van der Waals surface area contributed by atoms with Gasteiger partial charge in [0.1, 0.15) is 4.47 Å². The van der Waals surface area contributed by atoms with Gasteiger partial charge < -0.3 is 9.72 Å². The number of hydrogen-bond acceptors (Lipinski definition) is 3. The minimum atomic E-state index is -0.211. The summed E-state index contributed by atoms with van der Waals surface area (Å²) < 4.78 is 5.96. The van der Waals surface area contributed by atoms with Gasteiger partial charge in [0.25, 0.3) is 5.56 Å². The van der Waals surface area contributed by atoms with Gasteiger partial charge in [0.05, 0.1) is 12.9 Å². The van der Waals surface area contributed by atoms with E-state index in [1.165, 1.54) is 19.2 Å². The van der Waals surface area contributed by atoms with Crippen molar-refractivity contribution in [3.8, 4) is 5.88 Å². The number of nitrogens with zero attached hydrogens (tertiary/aromatic N) is 1. The Morgan fingerprint density at radius 2 is 2.29 bits per heavy atom. The van der Waals surface area contributed by atoms with Gasteiger partial charge in [-0.2, -0.15) is 0 Å². The number of nitrogens with one attached hydrogen (secondary N) is 1. The van der Waals surface area contributed by atoms with Crippen molar-refractivity contribution in [2.75, 3.05) is 6.61 Å². The highest BCUT2D eigenvalue weighted by molar-refractivity contribution is 9.10. The van der Waals surface area contributed by atoms with E-state index in [0.29, 0.717) is 22.9 Å². The molecule has 1 heterocycles. The molecule has 5 heteroatoms. The molecule has 0 aliphatic heterocycles. The van der Waals surface area contributed by atoms with Crippen LogP contribution >= 0.6 is 15.9 Å². The summed E-state index contributed by atoms with van der Waals surface area (Å²) in [6.45, 7) is 4.96. The van der Waals surface area contributed by atoms with Crippen LogP contribution in [0.2, 0.25) is 0 Å². The van der Waals surface area contributed by atoms with Crippen molar-refractivity contribution in [3.05, 3.63) is 21.2 Å². The first-order valence-corrected chi connectivity index (χ1v) is 6.84. The zero-order valence-corrected chi connectivity index (χ0v) is 11.9. The van der Waals surface area contributed by atoms with Crippen LogP contribution in [-0.2, 0) is 0 Å². The fraction of sp³-hybridized carbons (Fsp3) is 0.667. The monoisotopic (exact) mass is 302 g/mol. The lowest BCUT2D eigenvalue weighted by molar-refractivity contribution is 0.224. The molecule has 1 rings (SSSR count). The summed E-state index contributed by atoms with van der Waals surface area (Å²) in [6.07, 6.45) is 6.01. The quantitative estimate of drug-likeness (QED) is 0.842. The second-order valence-corrected chi connectivity index (χ2v) is 4.87. The molecule has 1 atom stereocenters. The summed E-state index contributed by atoms with van der Waals surface area (Å²) in [5, 5.41) is 0. The SMILES string of the molecule is CCCCC(CC)COc1nc[nH]c(=O)c1Br. The van der Waals surface area contributed by atoms with Gasteiger partial charge in [-0.25, -0.2) is 4.98 Å². The predicted octanol–water partition coefficient (Wildman–Crippen LogP) is 3.13. The Bertz CT molecular complexity index is 392. The Hall–Kier alpha value is -0.840. The molecule has 1 aromatic rings. The molecule has 1 N–H and O–H groups in total. The molecule has 0 saturated heterocycles. The lowest BCUT2D eigenvalue weighted by Crippen LogP contribution is -2.15. The molecule has 4 nitrogen and oxygen atoms in total. The number of hydrogen-bond donors (Lipinski definition) is 1. The Balaban J connectivity index is 2.53. The molecule has 0 aromatic carbocycles. The van der Waals surface area contributed by atoms with Crippen LogP contribution < -0.4 is 10.3 Å². The average Bonchev–Trinajstić information content (AvgIpc) is 2.34. The number of aromatic amines is 1. The van der Waals surface area contributed by atoms with Crippen LogP contribution in [0.3, 0.4) is 0 Å². The topological polar surface area (TPSA) is 55.0 Å². The fourth-order valence-electron chi connectivity index (χ4n) is 1.56. The maximum Gasteiger partial charge on any atom is 0.268 e. The standard InChI is InChI=1S/C12H19BrN2O2/c1-3-5-6-9(4-2)7-17-12-10(13)11(16)14-8-15-12/h8-9H,3-7H2,1-2H3,(H,14,15,16). The van der Waals surface area contributed by atoms with Crippen LogP contribution in [0.4, 0.5) is 0 Å². The molecule has 0 bridgehead atoms. The van der Waals surface area contributed by atoms with Crippen LogP contribution in [0.15, 0.2) is 15.6 Å². The summed E-state index contributed by atoms with van der Waals surface area (Å²) in [5.74, 6) is 0.909. The maximum absolute atomic E-state index is 11.3. The van der Waals surface area contributed by atoms with Crippen LogP contribution in [-0.4, -0.2) is 16.6 Å². The van der Waals surface area contributed by atoms with Crippen molar-refractivity contribution >= 4 is 15.9 Å². The summed E-state index contributed by atoms with van der Waals surface area (Å²) in [4.78, 5) is 17.8. The number of aromatic nitrogens is 2. The predicted molar refractivity (Wildman–Crippen MR) is 71.4 cm³/mol. The molecule has 0 radical (unpaired) electrons. The molecule has 0 aliphatic carbocycles. The van der Waals surface area contributed by atoms with Gasteiger partial charge in [0, 0.05) is 0 Å². The smallest absolute Gasteiger partial charge is 0.268 e. The van der Waals surface area contributed by atoms with Crippen molar-refractivity contribution in [3.63, 3.8) is 0 Å². The maximum atomic E-state index is 11.3. The third-order valence-corrected chi connectivity index (χ3v) is 3.46. The largest absolute Gasteiger partial charge is 0.476 e. The second kappa shape index (κ2) is 7.48. The van der Waals surface area contributed by atoms with E-state index < -0.39 is 0 Å². The van der Waals surface area contributed by atoms with Gasteiger partial charge in [-0.1, -0.05) is 33.1 Å². The molecule has 0 fully saturated rings. The number of unbranched alkanes of at least 4 members (excludes halogenated alkanes) is 1. The van der Waals surface area contributed by atoms with Gasteiger partial charge in [0.15, 0.2) is 0 Å². The van der Waals surface area contributed by atoms with Gasteiger partial charge in [0.2, 0.25) is 5.88 Å². The molecule has 0 amide bonds. The van der Waals surface area contributed by atoms with E-state index in [1.807, 2.05) is 0 Å². The Morgan fingerprint density at radius 1 is 1.53 bits per heavy atom. The number of halogens is 1. The lowest BCUT2D eigenvalue weighted by Gasteiger charge is -2.15. The molecular weight excluding hydrogens is 284 g/mol. The van der Waals surface area contributed by atoms with E-state index in [9.17, 15) is 4.79 Å². The third-order valence-electron chi connectivity index (χ3n) is 2.76. The van der Waals surface area contributed by atoms with Crippen molar-refractivity contribution in [2.24, 2.45) is 5.92 Å². The van der Waals surface area contributed by atoms with E-state index in [0.717, 1.165) is 12.8 Å². The lowest BCUT2D eigenvalue weighted by atomic mass is 10.0. The molecule has 1 aromatic heterocycles. The Morgan fingerprint density at radius 3 is 2.94 bits per heavy atom. The minimum Gasteiger partial charge on any atom is -0.476 e. The summed E-state index contributed by atoms with van der Waals surface area (Å²) in [5.41, 5.74) is -0.211. The van der Waals surface area contributed by atoms with Crippen LogP contribution in [0.5, 0.6) is 5.88 Å². The van der Waals surface area contributed by atoms with E-state index in [4.69, 9.17) is 4.74 Å². The molecule has 0 aliphatic rings. The van der Waals surface area contributed by atoms with Crippen molar-refractivity contribution in [1.82, 2.24) is 9.97 Å². The first-order valence-electron chi connectivity index (χ1n) is 6.05. The number of H-pyrrole nitrogens is 1. The zero-order chi connectivity index (χ0) is 12.7. The van der Waals surface area contributed by atoms with Crippen LogP contribution in [0.25, 0.3) is 0 Å². The van der Waals surface area contributed by atoms with E-state index in [-0.39, 0.29) is 5.56 Å². The normalized spacial score (nSPS) is 12.4. The first kappa shape index (κ1) is 14.2. The van der Waals surface area contributed by atoms with Crippen LogP contribution in [0, 0.1) is 5.92 Å². The first-order chi connectivity index (χ1) is 8.19. The summed E-state index contributed by atoms with van der Waals surface area (Å²) >= 11 is 3.17. The van der Waals surface area contributed by atoms with E-state index in [1.54, 1.807) is 0 Å². The summed E-state index contributed by atoms with van der Waals surface area (Å²) in [7, 11) is 0. The molecular formula is C12H19BrN2O2. The van der Waals surface area contributed by atoms with Gasteiger partial charge >= 0.3 is 0 Å². The highest BCUT2D eigenvalue weighted by Gasteiger charge is 2.10. The van der Waals surface area contributed by atoms with E-state index in [2.05, 4.69) is 39.7 Å². The molecule has 0 spiro atoms. The molecule has 1 unspecified atom stereocenters. The Kier molecular flexibility index (Phi) is 6.26. The van der Waals surface area contributed by atoms with Gasteiger partial charge in [-0.15, -0.1) is 0 Å². The number of ether oxygens (including phenoxy) is 1. The highest BCUT2D eigenvalue weighted by Crippen LogP contribution is 2.19. The second-order valence-electron chi connectivity index (χ2n) is 4.08. The highest BCUT2D eigenvalue weighted by atomic mass is 79.9.